The van der Waals surface area contributed by atoms with Gasteiger partial charge < -0.3 is 9.47 Å². The van der Waals surface area contributed by atoms with Crippen LogP contribution >= 0.6 is 0 Å². The van der Waals surface area contributed by atoms with Crippen molar-refractivity contribution in [2.75, 3.05) is 14.2 Å². The molecule has 0 amide bonds. The molecule has 0 radical (unpaired) electrons. The van der Waals surface area contributed by atoms with Crippen molar-refractivity contribution in [2.24, 2.45) is 0 Å². The van der Waals surface area contributed by atoms with Gasteiger partial charge in [0.05, 0.1) is 0 Å². The van der Waals surface area contributed by atoms with E-state index < -0.39 is 0 Å². The quantitative estimate of drug-likeness (QED) is 0.488. The van der Waals surface area contributed by atoms with Gasteiger partial charge in [-0.1, -0.05) is 19.3 Å². The minimum Gasteiger partial charge on any atom is -0.356 e. The summed E-state index contributed by atoms with van der Waals surface area (Å²) in [5.41, 5.74) is 0. The molecule has 0 saturated heterocycles. The fourth-order valence-electron chi connectivity index (χ4n) is 2.26. The second-order valence-electron chi connectivity index (χ2n) is 4.02. The lowest BCUT2D eigenvalue weighted by atomic mass is 9.87. The Balaban J connectivity index is 2.53. The van der Waals surface area contributed by atoms with E-state index in [1.165, 1.54) is 42.3 Å². The Hall–Kier alpha value is 0.137. The molecule has 0 unspecified atom stereocenters. The summed E-state index contributed by atoms with van der Waals surface area (Å²) in [4.78, 5) is 0. The summed E-state index contributed by atoms with van der Waals surface area (Å²) in [7, 11) is 4.69. The van der Waals surface area contributed by atoms with Gasteiger partial charge in [0.2, 0.25) is 0 Å². The minimum absolute atomic E-state index is 0.0458. The number of ether oxygens (including phenoxy) is 2. The smallest absolute Gasteiger partial charge is 0.159 e. The molecule has 0 heterocycles. The van der Waals surface area contributed by atoms with Crippen LogP contribution in [-0.4, -0.2) is 30.8 Å². The Morgan fingerprint density at radius 3 is 2.00 bits per heavy atom. The summed E-state index contributed by atoms with van der Waals surface area (Å²) < 4.78 is 10.7. The normalized spacial score (nSPS) is 23.2. The number of hydrogen-bond acceptors (Lipinski definition) is 2. The van der Waals surface area contributed by atoms with E-state index in [1.54, 1.807) is 14.2 Å². The van der Waals surface area contributed by atoms with Crippen molar-refractivity contribution in [1.82, 2.24) is 0 Å². The standard InChI is InChI=1S/C9H20O2Si/c1-10-8(11-2)9(12)6-4-3-5-7-9/h8H,3-7H2,1-2,12H3. The highest BCUT2D eigenvalue weighted by Gasteiger charge is 2.35. The molecule has 1 saturated carbocycles. The van der Waals surface area contributed by atoms with Gasteiger partial charge in [-0.05, 0) is 12.8 Å². The molecule has 0 spiro atoms. The largest absolute Gasteiger partial charge is 0.356 e. The van der Waals surface area contributed by atoms with Gasteiger partial charge in [0.1, 0.15) is 0 Å². The topological polar surface area (TPSA) is 18.5 Å². The van der Waals surface area contributed by atoms with Crippen molar-refractivity contribution < 1.29 is 9.47 Å². The van der Waals surface area contributed by atoms with Gasteiger partial charge in [0.25, 0.3) is 0 Å². The highest BCUT2D eigenvalue weighted by molar-refractivity contribution is 6.15. The van der Waals surface area contributed by atoms with Crippen molar-refractivity contribution in [3.63, 3.8) is 0 Å². The number of methoxy groups -OCH3 is 2. The van der Waals surface area contributed by atoms with Crippen molar-refractivity contribution in [2.45, 2.75) is 43.4 Å². The van der Waals surface area contributed by atoms with Crippen LogP contribution in [0.4, 0.5) is 0 Å². The first-order valence-electron chi connectivity index (χ1n) is 4.78. The molecular weight excluding hydrogens is 168 g/mol. The Kier molecular flexibility index (Phi) is 3.74. The number of hydrogen-bond donors (Lipinski definition) is 0. The van der Waals surface area contributed by atoms with Crippen molar-refractivity contribution in [3.8, 4) is 0 Å². The van der Waals surface area contributed by atoms with Crippen LogP contribution in [0.2, 0.25) is 5.04 Å². The molecule has 3 heteroatoms. The number of rotatable bonds is 3. The molecule has 1 aliphatic carbocycles. The van der Waals surface area contributed by atoms with E-state index >= 15 is 0 Å². The highest BCUT2D eigenvalue weighted by Crippen LogP contribution is 2.44. The monoisotopic (exact) mass is 188 g/mol. The first-order chi connectivity index (χ1) is 5.73. The van der Waals surface area contributed by atoms with E-state index in [0.717, 1.165) is 0 Å². The zero-order valence-corrected chi connectivity index (χ0v) is 10.4. The molecule has 1 aliphatic rings. The summed E-state index contributed by atoms with van der Waals surface area (Å²) in [6.45, 7) is 0. The van der Waals surface area contributed by atoms with E-state index in [1.807, 2.05) is 0 Å². The average Bonchev–Trinajstić information content (AvgIpc) is 2.07. The van der Waals surface area contributed by atoms with Gasteiger partial charge in [0, 0.05) is 29.5 Å². The van der Waals surface area contributed by atoms with E-state index in [9.17, 15) is 0 Å². The third-order valence-corrected chi connectivity index (χ3v) is 4.46. The molecule has 1 rings (SSSR count). The van der Waals surface area contributed by atoms with Gasteiger partial charge in [0.15, 0.2) is 6.29 Å². The van der Waals surface area contributed by atoms with Crippen LogP contribution in [0.25, 0.3) is 0 Å². The Morgan fingerprint density at radius 1 is 1.08 bits per heavy atom. The molecule has 0 aromatic heterocycles. The van der Waals surface area contributed by atoms with E-state index in [0.29, 0.717) is 5.04 Å². The summed E-state index contributed by atoms with van der Waals surface area (Å²) in [6.07, 6.45) is 6.74. The molecule has 0 atom stereocenters. The van der Waals surface area contributed by atoms with Crippen molar-refractivity contribution in [3.05, 3.63) is 0 Å². The van der Waals surface area contributed by atoms with Crippen LogP contribution in [0.5, 0.6) is 0 Å². The lowest BCUT2D eigenvalue weighted by Crippen LogP contribution is -2.34. The Labute approximate surface area is 78.1 Å². The van der Waals surface area contributed by atoms with Crippen molar-refractivity contribution >= 4 is 10.2 Å². The van der Waals surface area contributed by atoms with Crippen LogP contribution in [0.15, 0.2) is 0 Å². The first-order valence-corrected chi connectivity index (χ1v) is 5.78. The predicted molar refractivity (Wildman–Crippen MR) is 53.5 cm³/mol. The third-order valence-electron chi connectivity index (χ3n) is 2.99. The van der Waals surface area contributed by atoms with Gasteiger partial charge in [-0.3, -0.25) is 0 Å². The van der Waals surface area contributed by atoms with Crippen LogP contribution < -0.4 is 0 Å². The van der Waals surface area contributed by atoms with Gasteiger partial charge >= 0.3 is 0 Å². The van der Waals surface area contributed by atoms with E-state index in [2.05, 4.69) is 0 Å². The third kappa shape index (κ3) is 2.09. The van der Waals surface area contributed by atoms with Crippen LogP contribution in [0, 0.1) is 0 Å². The molecule has 0 aromatic carbocycles. The van der Waals surface area contributed by atoms with E-state index in [4.69, 9.17) is 9.47 Å². The van der Waals surface area contributed by atoms with Crippen molar-refractivity contribution in [1.29, 1.82) is 0 Å². The summed E-state index contributed by atoms with van der Waals surface area (Å²) in [5.74, 6) is 0. The summed E-state index contributed by atoms with van der Waals surface area (Å²) in [6, 6.07) is 0. The molecule has 0 aromatic rings. The second-order valence-corrected chi connectivity index (χ2v) is 6.01. The van der Waals surface area contributed by atoms with E-state index in [-0.39, 0.29) is 6.29 Å². The summed E-state index contributed by atoms with van der Waals surface area (Å²) in [5, 5.41) is 0.391. The Bertz CT molecular complexity index is 128. The lowest BCUT2D eigenvalue weighted by molar-refractivity contribution is -0.136. The molecule has 1 fully saturated rings. The zero-order valence-electron chi connectivity index (χ0n) is 8.43. The molecule has 12 heavy (non-hydrogen) atoms. The lowest BCUT2D eigenvalue weighted by Gasteiger charge is -2.38. The summed E-state index contributed by atoms with van der Waals surface area (Å²) >= 11 is 0. The molecule has 0 N–H and O–H groups in total. The molecular formula is C9H20O2Si. The first kappa shape index (κ1) is 10.2. The molecule has 0 aliphatic heterocycles. The maximum atomic E-state index is 5.35. The van der Waals surface area contributed by atoms with Gasteiger partial charge in [-0.25, -0.2) is 0 Å². The average molecular weight is 188 g/mol. The second kappa shape index (κ2) is 4.39. The fraction of sp³-hybridized carbons (Fsp3) is 1.00. The van der Waals surface area contributed by atoms with Crippen LogP contribution in [0.1, 0.15) is 32.1 Å². The molecule has 2 nitrogen and oxygen atoms in total. The highest BCUT2D eigenvalue weighted by atomic mass is 28.1. The van der Waals surface area contributed by atoms with Gasteiger partial charge in [-0.2, -0.15) is 0 Å². The zero-order chi connectivity index (χ0) is 9.03. The minimum atomic E-state index is 0.0458. The SMILES string of the molecule is COC(OC)C1([SiH3])CCCCC1. The molecule has 0 bridgehead atoms. The van der Waals surface area contributed by atoms with Crippen LogP contribution in [0.3, 0.4) is 0 Å². The maximum absolute atomic E-state index is 5.35. The Morgan fingerprint density at radius 2 is 1.58 bits per heavy atom. The fourth-order valence-corrected chi connectivity index (χ4v) is 3.44. The predicted octanol–water partition coefficient (Wildman–Crippen LogP) is 1.09. The maximum Gasteiger partial charge on any atom is 0.159 e. The van der Waals surface area contributed by atoms with Gasteiger partial charge in [-0.15, -0.1) is 0 Å². The molecule has 72 valence electrons. The van der Waals surface area contributed by atoms with Crippen LogP contribution in [-0.2, 0) is 9.47 Å².